The SMILES string of the molecule is CC1=N[C@]2(CC[C@H]3CN(Cc4ccccc4)C[C@H]32)C(=O)N1. The molecular weight excluding hydrogens is 262 g/mol. The average Bonchev–Trinajstić information content (AvgIpc) is 3.08. The maximum Gasteiger partial charge on any atom is 0.253 e. The van der Waals surface area contributed by atoms with E-state index in [0.717, 1.165) is 38.3 Å². The van der Waals surface area contributed by atoms with E-state index in [1.54, 1.807) is 0 Å². The molecule has 0 bridgehead atoms. The molecule has 4 heteroatoms. The third-order valence-corrected chi connectivity index (χ3v) is 5.33. The molecule has 110 valence electrons. The molecule has 1 spiro atoms. The predicted molar refractivity (Wildman–Crippen MR) is 81.9 cm³/mol. The van der Waals surface area contributed by atoms with Crippen LogP contribution in [0.5, 0.6) is 0 Å². The van der Waals surface area contributed by atoms with Gasteiger partial charge in [-0.2, -0.15) is 0 Å². The van der Waals surface area contributed by atoms with Crippen LogP contribution in [0.3, 0.4) is 0 Å². The van der Waals surface area contributed by atoms with Crippen LogP contribution in [0, 0.1) is 11.8 Å². The van der Waals surface area contributed by atoms with Crippen molar-refractivity contribution in [2.24, 2.45) is 16.8 Å². The smallest absolute Gasteiger partial charge is 0.253 e. The molecule has 1 N–H and O–H groups in total. The molecule has 1 aromatic rings. The van der Waals surface area contributed by atoms with E-state index in [0.29, 0.717) is 11.8 Å². The minimum absolute atomic E-state index is 0.133. The second kappa shape index (κ2) is 4.67. The van der Waals surface area contributed by atoms with E-state index in [1.165, 1.54) is 5.56 Å². The molecule has 2 fully saturated rings. The molecule has 0 radical (unpaired) electrons. The largest absolute Gasteiger partial charge is 0.313 e. The van der Waals surface area contributed by atoms with Crippen molar-refractivity contribution >= 4 is 11.7 Å². The molecule has 1 saturated carbocycles. The maximum atomic E-state index is 12.4. The van der Waals surface area contributed by atoms with E-state index in [2.05, 4.69) is 40.5 Å². The Labute approximate surface area is 125 Å². The number of fused-ring (bicyclic) bond motifs is 2. The summed E-state index contributed by atoms with van der Waals surface area (Å²) in [4.78, 5) is 19.6. The summed E-state index contributed by atoms with van der Waals surface area (Å²) in [5.41, 5.74) is 0.891. The Balaban J connectivity index is 1.52. The van der Waals surface area contributed by atoms with Crippen LogP contribution in [0.1, 0.15) is 25.3 Å². The van der Waals surface area contributed by atoms with Crippen LogP contribution in [0.25, 0.3) is 0 Å². The van der Waals surface area contributed by atoms with Crippen molar-refractivity contribution < 1.29 is 4.79 Å². The standard InChI is InChI=1S/C17H21N3O/c1-12-18-16(21)17(19-12)8-7-14-10-20(11-15(14)17)9-13-5-3-2-4-6-13/h2-6,14-15H,7-11H2,1H3,(H,18,19,21)/t14-,15+,17-/m0/s1. The van der Waals surface area contributed by atoms with Crippen LogP contribution >= 0.6 is 0 Å². The van der Waals surface area contributed by atoms with Gasteiger partial charge in [-0.15, -0.1) is 0 Å². The van der Waals surface area contributed by atoms with E-state index < -0.39 is 5.54 Å². The second-order valence-electron chi connectivity index (χ2n) is 6.66. The number of nitrogens with one attached hydrogen (secondary N) is 1. The fourth-order valence-electron chi connectivity index (χ4n) is 4.43. The van der Waals surface area contributed by atoms with Gasteiger partial charge in [-0.25, -0.2) is 0 Å². The summed E-state index contributed by atoms with van der Waals surface area (Å²) in [6, 6.07) is 10.6. The monoisotopic (exact) mass is 283 g/mol. The summed E-state index contributed by atoms with van der Waals surface area (Å²) in [5.74, 6) is 1.93. The Morgan fingerprint density at radius 1 is 1.33 bits per heavy atom. The Bertz CT molecular complexity index is 597. The molecule has 2 aliphatic heterocycles. The molecule has 1 aliphatic carbocycles. The third-order valence-electron chi connectivity index (χ3n) is 5.33. The van der Waals surface area contributed by atoms with E-state index in [-0.39, 0.29) is 5.91 Å². The summed E-state index contributed by atoms with van der Waals surface area (Å²) in [6.07, 6.45) is 2.05. The summed E-state index contributed by atoms with van der Waals surface area (Å²) in [7, 11) is 0. The molecule has 3 aliphatic rings. The van der Waals surface area contributed by atoms with Crippen molar-refractivity contribution in [3.8, 4) is 0 Å². The zero-order chi connectivity index (χ0) is 14.4. The van der Waals surface area contributed by atoms with Gasteiger partial charge in [-0.05, 0) is 31.2 Å². The van der Waals surface area contributed by atoms with E-state index in [4.69, 9.17) is 4.99 Å². The number of carbonyl (C=O) groups is 1. The summed E-state index contributed by atoms with van der Waals surface area (Å²) in [6.45, 7) is 4.97. The first kappa shape index (κ1) is 13.0. The van der Waals surface area contributed by atoms with Crippen molar-refractivity contribution in [1.29, 1.82) is 0 Å². The highest BCUT2D eigenvalue weighted by Gasteiger charge is 2.58. The van der Waals surface area contributed by atoms with Crippen LogP contribution in [0.4, 0.5) is 0 Å². The molecule has 21 heavy (non-hydrogen) atoms. The van der Waals surface area contributed by atoms with E-state index >= 15 is 0 Å². The number of nitrogens with zero attached hydrogens (tertiary/aromatic N) is 2. The predicted octanol–water partition coefficient (Wildman–Crippen LogP) is 1.82. The van der Waals surface area contributed by atoms with Crippen LogP contribution < -0.4 is 5.32 Å². The van der Waals surface area contributed by atoms with Gasteiger partial charge in [0.15, 0.2) is 0 Å². The average molecular weight is 283 g/mol. The van der Waals surface area contributed by atoms with Gasteiger partial charge in [0.1, 0.15) is 11.4 Å². The minimum atomic E-state index is -0.458. The summed E-state index contributed by atoms with van der Waals surface area (Å²) >= 11 is 0. The highest BCUT2D eigenvalue weighted by molar-refractivity contribution is 6.07. The fraction of sp³-hybridized carbons (Fsp3) is 0.529. The van der Waals surface area contributed by atoms with E-state index in [9.17, 15) is 4.79 Å². The number of hydrogen-bond acceptors (Lipinski definition) is 3. The van der Waals surface area contributed by atoms with Gasteiger partial charge >= 0.3 is 0 Å². The van der Waals surface area contributed by atoms with Crippen molar-refractivity contribution in [3.05, 3.63) is 35.9 Å². The Morgan fingerprint density at radius 3 is 2.86 bits per heavy atom. The van der Waals surface area contributed by atoms with Gasteiger partial charge in [0.2, 0.25) is 0 Å². The zero-order valence-corrected chi connectivity index (χ0v) is 12.4. The third kappa shape index (κ3) is 2.01. The number of benzene rings is 1. The van der Waals surface area contributed by atoms with Crippen LogP contribution in [-0.2, 0) is 11.3 Å². The number of carbonyl (C=O) groups excluding carboxylic acids is 1. The second-order valence-corrected chi connectivity index (χ2v) is 6.66. The van der Waals surface area contributed by atoms with Crippen LogP contribution in [-0.4, -0.2) is 35.3 Å². The van der Waals surface area contributed by atoms with Gasteiger partial charge < -0.3 is 5.32 Å². The molecule has 0 unspecified atom stereocenters. The minimum Gasteiger partial charge on any atom is -0.313 e. The Hall–Kier alpha value is -1.68. The molecule has 4 nitrogen and oxygen atoms in total. The molecule has 1 saturated heterocycles. The molecule has 1 amide bonds. The Morgan fingerprint density at radius 2 is 2.14 bits per heavy atom. The van der Waals surface area contributed by atoms with Gasteiger partial charge in [0, 0.05) is 25.6 Å². The normalized spacial score (nSPS) is 35.1. The van der Waals surface area contributed by atoms with E-state index in [1.807, 2.05) is 6.92 Å². The van der Waals surface area contributed by atoms with Crippen molar-refractivity contribution in [3.63, 3.8) is 0 Å². The number of aliphatic imine (C=N–C) groups is 1. The summed E-state index contributed by atoms with van der Waals surface area (Å²) in [5, 5.41) is 2.92. The fourth-order valence-corrected chi connectivity index (χ4v) is 4.43. The number of amides is 1. The lowest BCUT2D eigenvalue weighted by atomic mass is 9.85. The number of rotatable bonds is 2. The molecule has 0 aromatic heterocycles. The maximum absolute atomic E-state index is 12.4. The van der Waals surface area contributed by atoms with Gasteiger partial charge in [0.05, 0.1) is 0 Å². The summed E-state index contributed by atoms with van der Waals surface area (Å²) < 4.78 is 0. The first-order valence-electron chi connectivity index (χ1n) is 7.81. The number of amidine groups is 1. The molecule has 3 atom stereocenters. The zero-order valence-electron chi connectivity index (χ0n) is 12.4. The molecule has 2 heterocycles. The first-order chi connectivity index (χ1) is 10.2. The van der Waals surface area contributed by atoms with Crippen molar-refractivity contribution in [2.75, 3.05) is 13.1 Å². The molecule has 4 rings (SSSR count). The highest BCUT2D eigenvalue weighted by atomic mass is 16.2. The van der Waals surface area contributed by atoms with Crippen LogP contribution in [0.2, 0.25) is 0 Å². The van der Waals surface area contributed by atoms with Crippen molar-refractivity contribution in [2.45, 2.75) is 31.8 Å². The molecular formula is C17H21N3O. The quantitative estimate of drug-likeness (QED) is 0.900. The van der Waals surface area contributed by atoms with Crippen molar-refractivity contribution in [1.82, 2.24) is 10.2 Å². The first-order valence-corrected chi connectivity index (χ1v) is 7.81. The van der Waals surface area contributed by atoms with Crippen LogP contribution in [0.15, 0.2) is 35.3 Å². The highest BCUT2D eigenvalue weighted by Crippen LogP contribution is 2.48. The lowest BCUT2D eigenvalue weighted by Crippen LogP contribution is -2.44. The van der Waals surface area contributed by atoms with Gasteiger partial charge in [0.25, 0.3) is 5.91 Å². The lowest BCUT2D eigenvalue weighted by molar-refractivity contribution is -0.125. The van der Waals surface area contributed by atoms with Gasteiger partial charge in [-0.1, -0.05) is 30.3 Å². The number of likely N-dealkylation sites (tertiary alicyclic amines) is 1. The topological polar surface area (TPSA) is 44.7 Å². The lowest BCUT2D eigenvalue weighted by Gasteiger charge is -2.25. The Kier molecular flexibility index (Phi) is 2.89. The van der Waals surface area contributed by atoms with Gasteiger partial charge in [-0.3, -0.25) is 14.7 Å². The molecule has 1 aromatic carbocycles. The number of hydrogen-bond donors (Lipinski definition) is 1.